The van der Waals surface area contributed by atoms with Crippen LogP contribution in [-0.4, -0.2) is 25.5 Å². The minimum absolute atomic E-state index is 0.319. The molecule has 1 heterocycles. The molecule has 0 saturated heterocycles. The molecule has 1 saturated carbocycles. The average Bonchev–Trinajstić information content (AvgIpc) is 2.97. The van der Waals surface area contributed by atoms with E-state index in [-0.39, 0.29) is 0 Å². The topological polar surface area (TPSA) is 43.6 Å². The van der Waals surface area contributed by atoms with Crippen LogP contribution in [0.3, 0.4) is 0 Å². The molecule has 0 bridgehead atoms. The Labute approximate surface area is 127 Å². The molecule has 20 heavy (non-hydrogen) atoms. The SMILES string of the molecule is BrCC1(Cc2nnnn2-c2ccccc2)CCCCC1. The van der Waals surface area contributed by atoms with Crippen molar-refractivity contribution in [3.8, 4) is 5.69 Å². The molecule has 0 aliphatic heterocycles. The number of rotatable bonds is 4. The standard InChI is InChI=1S/C15H19BrN4/c16-12-15(9-5-2-6-10-15)11-14-17-18-19-20(14)13-7-3-1-4-8-13/h1,3-4,7-8H,2,5-6,9-12H2. The van der Waals surface area contributed by atoms with E-state index in [2.05, 4.69) is 31.5 Å². The maximum Gasteiger partial charge on any atom is 0.157 e. The summed E-state index contributed by atoms with van der Waals surface area (Å²) in [5.74, 6) is 0.970. The highest BCUT2D eigenvalue weighted by Crippen LogP contribution is 2.40. The number of benzene rings is 1. The summed E-state index contributed by atoms with van der Waals surface area (Å²) in [6.45, 7) is 0. The molecule has 1 aliphatic carbocycles. The van der Waals surface area contributed by atoms with Gasteiger partial charge >= 0.3 is 0 Å². The average molecular weight is 335 g/mol. The van der Waals surface area contributed by atoms with Crippen molar-refractivity contribution < 1.29 is 0 Å². The van der Waals surface area contributed by atoms with E-state index in [0.717, 1.165) is 23.3 Å². The van der Waals surface area contributed by atoms with Crippen molar-refractivity contribution in [3.05, 3.63) is 36.2 Å². The normalized spacial score (nSPS) is 18.1. The Morgan fingerprint density at radius 1 is 1.10 bits per heavy atom. The van der Waals surface area contributed by atoms with Crippen LogP contribution in [0, 0.1) is 5.41 Å². The number of hydrogen-bond acceptors (Lipinski definition) is 3. The van der Waals surface area contributed by atoms with Gasteiger partial charge in [-0.2, -0.15) is 4.68 Å². The molecule has 1 aliphatic rings. The molecule has 4 nitrogen and oxygen atoms in total. The van der Waals surface area contributed by atoms with Crippen molar-refractivity contribution in [2.45, 2.75) is 38.5 Å². The Kier molecular flexibility index (Phi) is 4.15. The quantitative estimate of drug-likeness (QED) is 0.803. The number of nitrogens with zero attached hydrogens (tertiary/aromatic N) is 4. The zero-order valence-electron chi connectivity index (χ0n) is 11.5. The fourth-order valence-corrected chi connectivity index (χ4v) is 3.84. The molecule has 2 aromatic rings. The van der Waals surface area contributed by atoms with Gasteiger partial charge in [0, 0.05) is 11.8 Å². The molecule has 0 radical (unpaired) electrons. The number of halogens is 1. The van der Waals surface area contributed by atoms with E-state index in [0.29, 0.717) is 5.41 Å². The zero-order chi connectivity index (χ0) is 13.8. The van der Waals surface area contributed by atoms with Crippen molar-refractivity contribution in [3.63, 3.8) is 0 Å². The lowest BCUT2D eigenvalue weighted by atomic mass is 9.73. The molecule has 5 heteroatoms. The highest BCUT2D eigenvalue weighted by molar-refractivity contribution is 9.09. The first kappa shape index (κ1) is 13.7. The fourth-order valence-electron chi connectivity index (χ4n) is 3.08. The van der Waals surface area contributed by atoms with Crippen molar-refractivity contribution >= 4 is 15.9 Å². The van der Waals surface area contributed by atoms with Gasteiger partial charge in [0.25, 0.3) is 0 Å². The van der Waals surface area contributed by atoms with Crippen molar-refractivity contribution in [1.29, 1.82) is 0 Å². The lowest BCUT2D eigenvalue weighted by molar-refractivity contribution is 0.218. The molecular formula is C15H19BrN4. The van der Waals surface area contributed by atoms with Crippen LogP contribution in [0.4, 0.5) is 0 Å². The van der Waals surface area contributed by atoms with E-state index in [1.807, 2.05) is 35.0 Å². The van der Waals surface area contributed by atoms with Gasteiger partial charge in [-0.15, -0.1) is 5.10 Å². The zero-order valence-corrected chi connectivity index (χ0v) is 13.1. The second-order valence-electron chi connectivity index (χ2n) is 5.71. The second kappa shape index (κ2) is 6.04. The Morgan fingerprint density at radius 3 is 2.55 bits per heavy atom. The first-order valence-corrected chi connectivity index (χ1v) is 8.34. The van der Waals surface area contributed by atoms with Crippen molar-refractivity contribution in [2.24, 2.45) is 5.41 Å². The van der Waals surface area contributed by atoms with E-state index in [9.17, 15) is 0 Å². The van der Waals surface area contributed by atoms with Gasteiger partial charge in [0.1, 0.15) is 0 Å². The van der Waals surface area contributed by atoms with Crippen LogP contribution in [0.2, 0.25) is 0 Å². The molecule has 0 N–H and O–H groups in total. The summed E-state index contributed by atoms with van der Waals surface area (Å²) in [5.41, 5.74) is 1.35. The van der Waals surface area contributed by atoms with Gasteiger partial charge in [0.2, 0.25) is 0 Å². The summed E-state index contributed by atoms with van der Waals surface area (Å²) in [4.78, 5) is 0. The molecule has 1 aromatic carbocycles. The van der Waals surface area contributed by atoms with Crippen LogP contribution in [0.25, 0.3) is 5.69 Å². The smallest absolute Gasteiger partial charge is 0.157 e. The Balaban J connectivity index is 1.86. The summed E-state index contributed by atoms with van der Waals surface area (Å²) < 4.78 is 1.87. The third-order valence-corrected chi connectivity index (χ3v) is 5.46. The third kappa shape index (κ3) is 2.77. The van der Waals surface area contributed by atoms with Crippen LogP contribution in [0.1, 0.15) is 37.9 Å². The molecule has 3 rings (SSSR count). The highest BCUT2D eigenvalue weighted by atomic mass is 79.9. The van der Waals surface area contributed by atoms with Gasteiger partial charge < -0.3 is 0 Å². The molecular weight excluding hydrogens is 316 g/mol. The summed E-state index contributed by atoms with van der Waals surface area (Å²) in [6.07, 6.45) is 7.47. The first-order valence-electron chi connectivity index (χ1n) is 7.22. The maximum absolute atomic E-state index is 4.26. The van der Waals surface area contributed by atoms with Gasteiger partial charge in [0.05, 0.1) is 5.69 Å². The van der Waals surface area contributed by atoms with Crippen LogP contribution >= 0.6 is 15.9 Å². The first-order chi connectivity index (χ1) is 9.83. The van der Waals surface area contributed by atoms with Crippen LogP contribution in [0.5, 0.6) is 0 Å². The van der Waals surface area contributed by atoms with Crippen molar-refractivity contribution in [1.82, 2.24) is 20.2 Å². The summed E-state index contributed by atoms with van der Waals surface area (Å²) in [7, 11) is 0. The second-order valence-corrected chi connectivity index (χ2v) is 6.27. The van der Waals surface area contributed by atoms with Crippen molar-refractivity contribution in [2.75, 3.05) is 5.33 Å². The van der Waals surface area contributed by atoms with Gasteiger partial charge in [0.15, 0.2) is 5.82 Å². The molecule has 1 aromatic heterocycles. The minimum Gasteiger partial charge on any atom is -0.197 e. The third-order valence-electron chi connectivity index (χ3n) is 4.27. The molecule has 0 unspecified atom stereocenters. The van der Waals surface area contributed by atoms with Gasteiger partial charge in [-0.3, -0.25) is 0 Å². The molecule has 1 fully saturated rings. The highest BCUT2D eigenvalue weighted by Gasteiger charge is 2.33. The van der Waals surface area contributed by atoms with Crippen LogP contribution in [-0.2, 0) is 6.42 Å². The molecule has 0 spiro atoms. The Hall–Kier alpha value is -1.23. The summed E-state index contributed by atoms with van der Waals surface area (Å²) in [6, 6.07) is 10.1. The summed E-state index contributed by atoms with van der Waals surface area (Å²) in [5, 5.41) is 13.3. The number of aromatic nitrogens is 4. The Morgan fingerprint density at radius 2 is 1.85 bits per heavy atom. The lowest BCUT2D eigenvalue weighted by Gasteiger charge is -2.35. The Bertz CT molecular complexity index is 546. The minimum atomic E-state index is 0.319. The predicted octanol–water partition coefficient (Wildman–Crippen LogP) is 3.55. The van der Waals surface area contributed by atoms with E-state index in [1.165, 1.54) is 32.1 Å². The molecule has 106 valence electrons. The number of hydrogen-bond donors (Lipinski definition) is 0. The maximum atomic E-state index is 4.26. The van der Waals surface area contributed by atoms with Gasteiger partial charge in [-0.05, 0) is 40.8 Å². The molecule has 0 atom stereocenters. The fraction of sp³-hybridized carbons (Fsp3) is 0.533. The summed E-state index contributed by atoms with van der Waals surface area (Å²) >= 11 is 3.72. The van der Waals surface area contributed by atoms with Gasteiger partial charge in [-0.1, -0.05) is 53.4 Å². The van der Waals surface area contributed by atoms with E-state index >= 15 is 0 Å². The van der Waals surface area contributed by atoms with Gasteiger partial charge in [-0.25, -0.2) is 0 Å². The predicted molar refractivity (Wildman–Crippen MR) is 82.2 cm³/mol. The van der Waals surface area contributed by atoms with E-state index in [1.54, 1.807) is 0 Å². The number of para-hydroxylation sites is 1. The lowest BCUT2D eigenvalue weighted by Crippen LogP contribution is -2.29. The molecule has 0 amide bonds. The van der Waals surface area contributed by atoms with Crippen LogP contribution < -0.4 is 0 Å². The van der Waals surface area contributed by atoms with Crippen LogP contribution in [0.15, 0.2) is 30.3 Å². The van der Waals surface area contributed by atoms with E-state index in [4.69, 9.17) is 0 Å². The largest absolute Gasteiger partial charge is 0.197 e. The number of tetrazole rings is 1. The van der Waals surface area contributed by atoms with E-state index < -0.39 is 0 Å². The number of alkyl halides is 1. The monoisotopic (exact) mass is 334 g/mol.